The van der Waals surface area contributed by atoms with Crippen LogP contribution in [0.5, 0.6) is 0 Å². The largest absolute Gasteiger partial charge is 0.394 e. The molecule has 0 bridgehead atoms. The second-order valence-corrected chi connectivity index (χ2v) is 21.4. The van der Waals surface area contributed by atoms with E-state index in [-0.39, 0.29) is 34.4 Å². The minimum atomic E-state index is -5.12. The Bertz CT molecular complexity index is 2840. The van der Waals surface area contributed by atoms with E-state index in [0.29, 0.717) is 0 Å². The lowest BCUT2D eigenvalue weighted by Crippen LogP contribution is -2.48. The highest BCUT2D eigenvalue weighted by Gasteiger charge is 2.31. The maximum absolute atomic E-state index is 12.7. The second kappa shape index (κ2) is 26.1. The van der Waals surface area contributed by atoms with Gasteiger partial charge in [0, 0.05) is 37.6 Å². The van der Waals surface area contributed by atoms with E-state index >= 15 is 0 Å². The molecule has 20 N–H and O–H groups in total. The van der Waals surface area contributed by atoms with Crippen LogP contribution >= 0.6 is 0 Å². The molecule has 2 heterocycles. The molecule has 4 aromatic rings. The first-order valence-electron chi connectivity index (χ1n) is 20.9. The van der Waals surface area contributed by atoms with E-state index in [4.69, 9.17) is 19.3 Å². The van der Waals surface area contributed by atoms with Crippen molar-refractivity contribution in [2.75, 3.05) is 82.8 Å². The summed E-state index contributed by atoms with van der Waals surface area (Å²) in [5.74, 6) is -4.03. The smallest absolute Gasteiger partial charge is 0.295 e. The Balaban J connectivity index is 1.64. The summed E-state index contributed by atoms with van der Waals surface area (Å²) in [5, 5.41) is 113. The van der Waals surface area contributed by atoms with E-state index in [1.165, 1.54) is 12.1 Å². The fraction of sp³-hybridized carbons (Fsp3) is 0.444. The molecule has 0 aliphatic heterocycles. The highest BCUT2D eigenvalue weighted by Crippen LogP contribution is 2.28. The maximum atomic E-state index is 12.7. The lowest BCUT2D eigenvalue weighted by atomic mass is 10.0. The van der Waals surface area contributed by atoms with Gasteiger partial charge in [-0.2, -0.15) is 63.6 Å². The van der Waals surface area contributed by atoms with Crippen LogP contribution in [-0.4, -0.2) is 233 Å². The topological polar surface area (TPSA) is 569 Å². The van der Waals surface area contributed by atoms with Crippen LogP contribution in [0.2, 0.25) is 0 Å². The summed E-state index contributed by atoms with van der Waals surface area (Å²) in [6.45, 7) is -4.07. The standard InChI is InChI=1S/C36H52N12O22S4/c49-15-23(53)29(57)27(55)21(51)13-39-33-43-31(37-7-9-71(59,60)61)45-35(47-33)41-19-5-3-17(25(11-19)73(65,66)67)1-2-18-4-6-20(12-26(18)74(68,69)70)42-36-46-32(38-8-10-72(62,63)64)44-34(48-36)40-14-22(52)28(56)30(58)24(54)16-50/h1-6,11-12,21-24,27-30,49-58H,7-10,13-16H2,(H,59,60,61)(H,62,63,64)(H,65,66,67)(H,68,69,70)(H3,37,39,41,43,45,47)(H3,38,40,42,44,46,48)/b2-1+. The molecule has 8 atom stereocenters. The van der Waals surface area contributed by atoms with Crippen molar-refractivity contribution < 1.29 is 103 Å². The van der Waals surface area contributed by atoms with Gasteiger partial charge in [0.2, 0.25) is 35.7 Å². The van der Waals surface area contributed by atoms with Crippen LogP contribution in [0, 0.1) is 0 Å². The van der Waals surface area contributed by atoms with Crippen molar-refractivity contribution in [3.63, 3.8) is 0 Å². The summed E-state index contributed by atoms with van der Waals surface area (Å²) in [4.78, 5) is 22.4. The van der Waals surface area contributed by atoms with Gasteiger partial charge in [0.25, 0.3) is 40.5 Å². The lowest BCUT2D eigenvalue weighted by molar-refractivity contribution is -0.111. The third-order valence-electron chi connectivity index (χ3n) is 9.68. The molecule has 0 saturated heterocycles. The lowest BCUT2D eigenvalue weighted by Gasteiger charge is -2.25. The summed E-state index contributed by atoms with van der Waals surface area (Å²) in [6, 6.07) is 6.43. The Morgan fingerprint density at radius 2 is 0.730 bits per heavy atom. The van der Waals surface area contributed by atoms with Gasteiger partial charge in [0.1, 0.15) is 46.4 Å². The SMILES string of the molecule is O=S(=O)(O)CCNc1nc(NCC(O)C(O)C(O)C(O)CO)nc(Nc2ccc(/C=C/c3ccc(Nc4nc(NCCS(=O)(=O)O)nc(NCC(O)C(O)C(O)C(O)CO)n4)cc3S(=O)(=O)O)c(S(=O)(=O)O)c2)n1. The van der Waals surface area contributed by atoms with Gasteiger partial charge in [0.05, 0.1) is 36.9 Å². The molecule has 0 spiro atoms. The van der Waals surface area contributed by atoms with Crippen molar-refractivity contribution in [1.82, 2.24) is 29.9 Å². The molecule has 0 saturated carbocycles. The van der Waals surface area contributed by atoms with Crippen molar-refractivity contribution >= 4 is 99.7 Å². The van der Waals surface area contributed by atoms with Gasteiger partial charge in [-0.1, -0.05) is 24.3 Å². The summed E-state index contributed by atoms with van der Waals surface area (Å²) in [6.07, 6.45) is -13.2. The predicted molar refractivity (Wildman–Crippen MR) is 257 cm³/mol. The third kappa shape index (κ3) is 19.2. The first kappa shape index (κ1) is 60.8. The Morgan fingerprint density at radius 3 is 1.03 bits per heavy atom. The van der Waals surface area contributed by atoms with Gasteiger partial charge < -0.3 is 83.0 Å². The molecule has 4 rings (SSSR count). The number of hydrogen-bond acceptors (Lipinski definition) is 30. The average Bonchev–Trinajstić information content (AvgIpc) is 3.31. The monoisotopic (exact) mass is 1130 g/mol. The normalized spacial score (nSPS) is 15.8. The van der Waals surface area contributed by atoms with Gasteiger partial charge >= 0.3 is 0 Å². The molecular formula is C36H52N12O22S4. The number of hydrogen-bond donors (Lipinski definition) is 20. The van der Waals surface area contributed by atoms with Gasteiger partial charge in [-0.3, -0.25) is 18.2 Å². The quantitative estimate of drug-likeness (QED) is 0.0171. The van der Waals surface area contributed by atoms with Crippen LogP contribution in [-0.2, 0) is 40.5 Å². The number of benzene rings is 2. The first-order valence-corrected chi connectivity index (χ1v) is 27.0. The van der Waals surface area contributed by atoms with Crippen LogP contribution < -0.4 is 31.9 Å². The summed E-state index contributed by atoms with van der Waals surface area (Å²) in [5.41, 5.74) is -0.853. The summed E-state index contributed by atoms with van der Waals surface area (Å²) >= 11 is 0. The van der Waals surface area contributed by atoms with E-state index in [1.807, 2.05) is 0 Å². The van der Waals surface area contributed by atoms with Crippen LogP contribution in [0.15, 0.2) is 46.2 Å². The number of rotatable bonds is 30. The number of aromatic nitrogens is 6. The molecule has 2 aromatic heterocycles. The fourth-order valence-electron chi connectivity index (χ4n) is 5.91. The van der Waals surface area contributed by atoms with Crippen LogP contribution in [0.1, 0.15) is 11.1 Å². The third-order valence-corrected chi connectivity index (χ3v) is 12.9. The number of nitrogens with zero attached hydrogens (tertiary/aromatic N) is 6. The molecule has 74 heavy (non-hydrogen) atoms. The molecule has 2 aromatic carbocycles. The molecule has 0 radical (unpaired) electrons. The summed E-state index contributed by atoms with van der Waals surface area (Å²) < 4.78 is 134. The number of nitrogens with one attached hydrogen (secondary N) is 6. The Morgan fingerprint density at radius 1 is 0.432 bits per heavy atom. The van der Waals surface area contributed by atoms with E-state index in [9.17, 15) is 83.6 Å². The number of aliphatic hydroxyl groups is 10. The van der Waals surface area contributed by atoms with E-state index in [2.05, 4.69) is 61.8 Å². The van der Waals surface area contributed by atoms with Crippen LogP contribution in [0.3, 0.4) is 0 Å². The Kier molecular flexibility index (Phi) is 21.5. The van der Waals surface area contributed by atoms with Crippen molar-refractivity contribution in [3.05, 3.63) is 47.5 Å². The zero-order valence-corrected chi connectivity index (χ0v) is 41.0. The molecule has 0 aliphatic rings. The molecule has 0 amide bonds. The zero-order chi connectivity index (χ0) is 55.3. The number of aliphatic hydroxyl groups excluding tert-OH is 10. The summed E-state index contributed by atoms with van der Waals surface area (Å²) in [7, 11) is -19.2. The van der Waals surface area contributed by atoms with E-state index in [0.717, 1.165) is 36.4 Å². The van der Waals surface area contributed by atoms with Crippen molar-refractivity contribution in [2.45, 2.75) is 58.6 Å². The second-order valence-electron chi connectivity index (χ2n) is 15.4. The molecule has 0 aliphatic carbocycles. The van der Waals surface area contributed by atoms with Gasteiger partial charge in [-0.05, 0) is 35.4 Å². The zero-order valence-electron chi connectivity index (χ0n) is 37.7. The van der Waals surface area contributed by atoms with E-state index < -0.39 is 174 Å². The van der Waals surface area contributed by atoms with Crippen molar-refractivity contribution in [3.8, 4) is 0 Å². The van der Waals surface area contributed by atoms with Crippen LogP contribution in [0.4, 0.5) is 47.1 Å². The van der Waals surface area contributed by atoms with Crippen molar-refractivity contribution in [2.24, 2.45) is 0 Å². The van der Waals surface area contributed by atoms with Gasteiger partial charge in [0.15, 0.2) is 0 Å². The highest BCUT2D eigenvalue weighted by atomic mass is 32.2. The molecule has 8 unspecified atom stereocenters. The highest BCUT2D eigenvalue weighted by molar-refractivity contribution is 7.86. The molecular weight excluding hydrogens is 1080 g/mol. The van der Waals surface area contributed by atoms with Crippen LogP contribution in [0.25, 0.3) is 12.2 Å². The minimum Gasteiger partial charge on any atom is -0.394 e. The Hall–Kier alpha value is -5.76. The van der Waals surface area contributed by atoms with Crippen molar-refractivity contribution in [1.29, 1.82) is 0 Å². The maximum Gasteiger partial charge on any atom is 0.295 e. The molecule has 34 nitrogen and oxygen atoms in total. The predicted octanol–water partition coefficient (Wildman–Crippen LogP) is -5.50. The van der Waals surface area contributed by atoms with E-state index in [1.54, 1.807) is 0 Å². The minimum absolute atomic E-state index is 0.152. The molecule has 412 valence electrons. The molecule has 38 heteroatoms. The average molecular weight is 1130 g/mol. The fourth-order valence-corrected chi connectivity index (χ4v) is 8.05. The van der Waals surface area contributed by atoms with Gasteiger partial charge in [-0.15, -0.1) is 0 Å². The first-order chi connectivity index (χ1) is 34.4. The molecule has 0 fully saturated rings. The number of anilines is 8. The Labute approximate surface area is 420 Å². The van der Waals surface area contributed by atoms with Gasteiger partial charge in [-0.25, -0.2) is 0 Å².